The van der Waals surface area contributed by atoms with Crippen LogP contribution in [0.5, 0.6) is 0 Å². The minimum absolute atomic E-state index is 0.716. The average molecular weight is 237 g/mol. The van der Waals surface area contributed by atoms with Crippen LogP contribution in [0.15, 0.2) is 0 Å². The van der Waals surface area contributed by atoms with E-state index >= 15 is 0 Å². The summed E-state index contributed by atoms with van der Waals surface area (Å²) >= 11 is 1.60. The van der Waals surface area contributed by atoms with Gasteiger partial charge in [-0.05, 0) is 49.1 Å². The van der Waals surface area contributed by atoms with E-state index in [4.69, 9.17) is 5.73 Å². The minimum Gasteiger partial charge on any atom is -0.383 e. The zero-order valence-corrected chi connectivity index (χ0v) is 10.6. The van der Waals surface area contributed by atoms with Crippen LogP contribution in [-0.2, 0) is 0 Å². The molecule has 2 fully saturated rings. The van der Waals surface area contributed by atoms with Gasteiger partial charge in [-0.2, -0.15) is 4.37 Å². The molecule has 1 saturated carbocycles. The molecule has 1 saturated heterocycles. The summed E-state index contributed by atoms with van der Waals surface area (Å²) in [5.74, 6) is 2.39. The number of nitrogens with zero attached hydrogens (tertiary/aromatic N) is 2. The molecule has 0 spiro atoms. The van der Waals surface area contributed by atoms with Crippen LogP contribution < -0.4 is 10.6 Å². The molecule has 3 rings (SSSR count). The molecule has 3 nitrogen and oxygen atoms in total. The van der Waals surface area contributed by atoms with Gasteiger partial charge in [0.15, 0.2) is 0 Å². The van der Waals surface area contributed by atoms with Crippen molar-refractivity contribution in [1.82, 2.24) is 4.37 Å². The fraction of sp³-hybridized carbons (Fsp3) is 0.750. The Morgan fingerprint density at radius 1 is 1.25 bits per heavy atom. The van der Waals surface area contributed by atoms with Gasteiger partial charge in [0.2, 0.25) is 0 Å². The Morgan fingerprint density at radius 3 is 2.56 bits per heavy atom. The van der Waals surface area contributed by atoms with Crippen LogP contribution in [0, 0.1) is 5.92 Å². The minimum atomic E-state index is 0.716. The Balaban J connectivity index is 1.83. The van der Waals surface area contributed by atoms with Gasteiger partial charge in [0.1, 0.15) is 10.8 Å². The summed E-state index contributed by atoms with van der Waals surface area (Å²) in [4.78, 5) is 2.50. The van der Waals surface area contributed by atoms with Crippen molar-refractivity contribution in [3.8, 4) is 0 Å². The molecule has 1 aliphatic heterocycles. The van der Waals surface area contributed by atoms with Gasteiger partial charge in [-0.1, -0.05) is 6.92 Å². The van der Waals surface area contributed by atoms with Gasteiger partial charge in [0.05, 0.1) is 0 Å². The van der Waals surface area contributed by atoms with Crippen LogP contribution in [0.4, 0.5) is 10.8 Å². The lowest BCUT2D eigenvalue weighted by Crippen LogP contribution is -2.32. The molecular weight excluding hydrogens is 218 g/mol. The topological polar surface area (TPSA) is 42.2 Å². The maximum absolute atomic E-state index is 5.99. The molecule has 2 N–H and O–H groups in total. The number of anilines is 2. The van der Waals surface area contributed by atoms with Crippen molar-refractivity contribution in [2.45, 2.75) is 38.5 Å². The Labute approximate surface area is 101 Å². The molecule has 0 amide bonds. The SMILES string of the molecule is CC1CCN(c2snc(N)c2C2CC2)CC1. The highest BCUT2D eigenvalue weighted by atomic mass is 32.1. The maximum Gasteiger partial charge on any atom is 0.142 e. The second-order valence-corrected chi connectivity index (χ2v) is 5.98. The van der Waals surface area contributed by atoms with Crippen molar-refractivity contribution in [1.29, 1.82) is 0 Å². The van der Waals surface area contributed by atoms with E-state index in [2.05, 4.69) is 16.2 Å². The highest BCUT2D eigenvalue weighted by molar-refractivity contribution is 7.10. The lowest BCUT2D eigenvalue weighted by atomic mass is 9.99. The highest BCUT2D eigenvalue weighted by Gasteiger charge is 2.32. The first-order chi connectivity index (χ1) is 7.75. The number of nitrogen functional groups attached to an aromatic ring is 1. The Morgan fingerprint density at radius 2 is 1.94 bits per heavy atom. The van der Waals surface area contributed by atoms with Gasteiger partial charge in [-0.15, -0.1) is 0 Å². The van der Waals surface area contributed by atoms with Crippen molar-refractivity contribution < 1.29 is 0 Å². The predicted octanol–water partition coefficient (Wildman–Crippen LogP) is 2.84. The molecule has 2 aliphatic rings. The monoisotopic (exact) mass is 237 g/mol. The van der Waals surface area contributed by atoms with Crippen molar-refractivity contribution in [3.63, 3.8) is 0 Å². The molecule has 1 aromatic rings. The molecule has 4 heteroatoms. The van der Waals surface area contributed by atoms with Gasteiger partial charge in [-0.3, -0.25) is 0 Å². The molecule has 0 atom stereocenters. The molecule has 0 radical (unpaired) electrons. The lowest BCUT2D eigenvalue weighted by molar-refractivity contribution is 0.439. The molecule has 88 valence electrons. The molecule has 16 heavy (non-hydrogen) atoms. The number of hydrogen-bond acceptors (Lipinski definition) is 4. The standard InChI is InChI=1S/C12H19N3S/c1-8-4-6-15(7-5-8)12-10(9-2-3-9)11(13)14-16-12/h8-9H,2-7H2,1H3,(H2,13,14). The zero-order chi connectivity index (χ0) is 11.1. The second-order valence-electron chi connectivity index (χ2n) is 5.23. The predicted molar refractivity (Wildman–Crippen MR) is 69.1 cm³/mol. The van der Waals surface area contributed by atoms with E-state index in [0.717, 1.165) is 11.7 Å². The third kappa shape index (κ3) is 1.79. The molecule has 2 heterocycles. The van der Waals surface area contributed by atoms with Gasteiger partial charge in [-0.25, -0.2) is 0 Å². The van der Waals surface area contributed by atoms with Gasteiger partial charge >= 0.3 is 0 Å². The van der Waals surface area contributed by atoms with Crippen LogP contribution in [0.2, 0.25) is 0 Å². The molecule has 0 unspecified atom stereocenters. The van der Waals surface area contributed by atoms with E-state index in [1.165, 1.54) is 49.3 Å². The third-order valence-electron chi connectivity index (χ3n) is 3.79. The van der Waals surface area contributed by atoms with Crippen LogP contribution in [0.3, 0.4) is 0 Å². The number of rotatable bonds is 2. The normalized spacial score (nSPS) is 22.7. The first-order valence-corrected chi connectivity index (χ1v) is 7.03. The smallest absolute Gasteiger partial charge is 0.142 e. The van der Waals surface area contributed by atoms with Gasteiger partial charge in [0, 0.05) is 18.7 Å². The molecule has 0 bridgehead atoms. The van der Waals surface area contributed by atoms with Crippen LogP contribution in [0.1, 0.15) is 44.1 Å². The Bertz CT molecular complexity index is 376. The van der Waals surface area contributed by atoms with Crippen LogP contribution in [-0.4, -0.2) is 17.5 Å². The van der Waals surface area contributed by atoms with E-state index in [1.807, 2.05) is 0 Å². The van der Waals surface area contributed by atoms with E-state index < -0.39 is 0 Å². The maximum atomic E-state index is 5.99. The largest absolute Gasteiger partial charge is 0.383 e. The number of piperidine rings is 1. The summed E-state index contributed by atoms with van der Waals surface area (Å²) in [5.41, 5.74) is 7.35. The van der Waals surface area contributed by atoms with Crippen molar-refractivity contribution in [3.05, 3.63) is 5.56 Å². The number of hydrogen-bond donors (Lipinski definition) is 1. The summed E-state index contributed by atoms with van der Waals surface area (Å²) < 4.78 is 4.35. The number of aromatic nitrogens is 1. The average Bonchev–Trinajstić information content (AvgIpc) is 3.04. The summed E-state index contributed by atoms with van der Waals surface area (Å²) in [5, 5.41) is 1.37. The highest BCUT2D eigenvalue weighted by Crippen LogP contribution is 2.49. The van der Waals surface area contributed by atoms with Gasteiger partial charge in [0.25, 0.3) is 0 Å². The van der Waals surface area contributed by atoms with Crippen molar-refractivity contribution >= 4 is 22.4 Å². The van der Waals surface area contributed by atoms with E-state index in [1.54, 1.807) is 11.5 Å². The van der Waals surface area contributed by atoms with Crippen molar-refractivity contribution in [2.75, 3.05) is 23.7 Å². The van der Waals surface area contributed by atoms with Crippen LogP contribution >= 0.6 is 11.5 Å². The van der Waals surface area contributed by atoms with Crippen LogP contribution in [0.25, 0.3) is 0 Å². The second kappa shape index (κ2) is 3.91. The van der Waals surface area contributed by atoms with E-state index in [-0.39, 0.29) is 0 Å². The zero-order valence-electron chi connectivity index (χ0n) is 9.78. The first kappa shape index (κ1) is 10.4. The summed E-state index contributed by atoms with van der Waals surface area (Å²) in [6, 6.07) is 0. The lowest BCUT2D eigenvalue weighted by Gasteiger charge is -2.31. The van der Waals surface area contributed by atoms with E-state index in [9.17, 15) is 0 Å². The number of nitrogens with two attached hydrogens (primary N) is 1. The molecular formula is C12H19N3S. The molecule has 1 aliphatic carbocycles. The van der Waals surface area contributed by atoms with Gasteiger partial charge < -0.3 is 10.6 Å². The fourth-order valence-electron chi connectivity index (χ4n) is 2.50. The summed E-state index contributed by atoms with van der Waals surface area (Å²) in [7, 11) is 0. The molecule has 1 aromatic heterocycles. The quantitative estimate of drug-likeness (QED) is 0.860. The Hall–Kier alpha value is -0.770. The third-order valence-corrected chi connectivity index (χ3v) is 4.73. The van der Waals surface area contributed by atoms with Crippen molar-refractivity contribution in [2.24, 2.45) is 5.92 Å². The fourth-order valence-corrected chi connectivity index (χ4v) is 3.45. The molecule has 0 aromatic carbocycles. The first-order valence-electron chi connectivity index (χ1n) is 6.25. The summed E-state index contributed by atoms with van der Waals surface area (Å²) in [6.45, 7) is 4.71. The Kier molecular flexibility index (Phi) is 2.54. The summed E-state index contributed by atoms with van der Waals surface area (Å²) in [6.07, 6.45) is 5.23. The van der Waals surface area contributed by atoms with E-state index in [0.29, 0.717) is 5.92 Å².